The van der Waals surface area contributed by atoms with Gasteiger partial charge in [0, 0.05) is 24.2 Å². The average molecular weight is 541 g/mol. The van der Waals surface area contributed by atoms with Crippen LogP contribution in [0.4, 0.5) is 5.82 Å². The van der Waals surface area contributed by atoms with Gasteiger partial charge >= 0.3 is 0 Å². The Morgan fingerprint density at radius 3 is 2.59 bits per heavy atom. The minimum atomic E-state index is -3.59. The fraction of sp³-hybridized carbons (Fsp3) is 0.385. The summed E-state index contributed by atoms with van der Waals surface area (Å²) in [5.41, 5.74) is 2.82. The highest BCUT2D eigenvalue weighted by Crippen LogP contribution is 2.29. The molecule has 0 radical (unpaired) electrons. The van der Waals surface area contributed by atoms with Crippen molar-refractivity contribution in [2.45, 2.75) is 46.6 Å². The topological polar surface area (TPSA) is 110 Å². The zero-order valence-electron chi connectivity index (χ0n) is 21.5. The van der Waals surface area contributed by atoms with Crippen LogP contribution in [0.25, 0.3) is 27.5 Å². The van der Waals surface area contributed by atoms with Crippen molar-refractivity contribution >= 4 is 38.6 Å². The molecule has 1 atom stereocenters. The molecule has 1 N–H and O–H groups in total. The minimum Gasteiger partial charge on any atom is -0.301 e. The molecule has 0 spiro atoms. The molecule has 0 aliphatic carbocycles. The molecule has 0 amide bonds. The van der Waals surface area contributed by atoms with Gasteiger partial charge in [0.05, 0.1) is 33.8 Å². The van der Waals surface area contributed by atoms with E-state index in [9.17, 15) is 13.2 Å². The van der Waals surface area contributed by atoms with Crippen molar-refractivity contribution in [1.29, 1.82) is 0 Å². The van der Waals surface area contributed by atoms with Crippen LogP contribution in [0.15, 0.2) is 48.1 Å². The molecule has 37 heavy (non-hydrogen) atoms. The van der Waals surface area contributed by atoms with Crippen LogP contribution in [-0.2, 0) is 10.0 Å². The highest BCUT2D eigenvalue weighted by molar-refractivity contribution is 7.92. The van der Waals surface area contributed by atoms with E-state index in [2.05, 4.69) is 40.5 Å². The van der Waals surface area contributed by atoms with Crippen molar-refractivity contribution in [2.24, 2.45) is 0 Å². The monoisotopic (exact) mass is 540 g/mol. The van der Waals surface area contributed by atoms with E-state index >= 15 is 0 Å². The van der Waals surface area contributed by atoms with Crippen LogP contribution < -0.4 is 4.72 Å². The maximum Gasteiger partial charge on any atom is 0.233 e. The predicted octanol–water partition coefficient (Wildman–Crippen LogP) is 4.97. The van der Waals surface area contributed by atoms with Gasteiger partial charge in [-0.15, -0.1) is 11.3 Å². The van der Waals surface area contributed by atoms with Crippen LogP contribution in [0.2, 0.25) is 0 Å². The molecule has 4 rings (SSSR count). The molecule has 0 saturated carbocycles. The number of rotatable bonds is 12. The number of nitrogens with zero attached hydrogens (tertiary/aromatic N) is 5. The first-order chi connectivity index (χ1) is 17.7. The van der Waals surface area contributed by atoms with E-state index in [0.717, 1.165) is 23.7 Å². The Bertz CT molecular complexity index is 1480. The van der Waals surface area contributed by atoms with E-state index in [4.69, 9.17) is 4.98 Å². The third-order valence-electron chi connectivity index (χ3n) is 6.43. The summed E-state index contributed by atoms with van der Waals surface area (Å²) in [6.07, 6.45) is 4.51. The average Bonchev–Trinajstić information content (AvgIpc) is 3.57. The Morgan fingerprint density at radius 1 is 1.14 bits per heavy atom. The molecule has 11 heteroatoms. The second kappa shape index (κ2) is 11.5. The molecule has 0 aliphatic rings. The van der Waals surface area contributed by atoms with Crippen LogP contribution in [0.1, 0.15) is 50.9 Å². The van der Waals surface area contributed by atoms with E-state index in [1.54, 1.807) is 35.0 Å². The van der Waals surface area contributed by atoms with Crippen molar-refractivity contribution in [3.8, 4) is 21.8 Å². The Hall–Kier alpha value is -3.15. The van der Waals surface area contributed by atoms with Gasteiger partial charge < -0.3 is 4.90 Å². The molecule has 0 unspecified atom stereocenters. The van der Waals surface area contributed by atoms with Gasteiger partial charge in [-0.3, -0.25) is 9.52 Å². The molecule has 0 fully saturated rings. The summed E-state index contributed by atoms with van der Waals surface area (Å²) in [6, 6.07) is 9.32. The number of pyridine rings is 1. The third kappa shape index (κ3) is 6.23. The Balaban J connectivity index is 1.73. The Kier molecular flexibility index (Phi) is 8.35. The zero-order chi connectivity index (χ0) is 26.6. The predicted molar refractivity (Wildman–Crippen MR) is 149 cm³/mol. The van der Waals surface area contributed by atoms with Gasteiger partial charge in [0.25, 0.3) is 0 Å². The van der Waals surface area contributed by atoms with Crippen LogP contribution in [0, 0.1) is 0 Å². The summed E-state index contributed by atoms with van der Waals surface area (Å²) in [6.45, 7) is 9.73. The summed E-state index contributed by atoms with van der Waals surface area (Å²) in [7, 11) is -3.59. The summed E-state index contributed by atoms with van der Waals surface area (Å²) in [4.78, 5) is 25.9. The maximum absolute atomic E-state index is 13.3. The number of hydrogen-bond donors (Lipinski definition) is 1. The number of fused-ring (bicyclic) bond motifs is 1. The molecule has 9 nitrogen and oxygen atoms in total. The molecule has 0 saturated heterocycles. The molecule has 0 aliphatic heterocycles. The van der Waals surface area contributed by atoms with Crippen LogP contribution in [0.3, 0.4) is 0 Å². The molecular formula is C26H32N6O3S2. The number of aromatic nitrogens is 4. The molecule has 4 aromatic heterocycles. The lowest BCUT2D eigenvalue weighted by Gasteiger charge is -2.26. The number of carbonyl (C=O) groups is 1. The highest BCUT2D eigenvalue weighted by Gasteiger charge is 2.19. The van der Waals surface area contributed by atoms with E-state index < -0.39 is 10.0 Å². The van der Waals surface area contributed by atoms with Crippen LogP contribution in [0.5, 0.6) is 0 Å². The summed E-state index contributed by atoms with van der Waals surface area (Å²) in [5.74, 6) is -0.0667. The first-order valence-electron chi connectivity index (χ1n) is 12.4. The first-order valence-corrected chi connectivity index (χ1v) is 15.0. The normalized spacial score (nSPS) is 12.8. The van der Waals surface area contributed by atoms with E-state index in [1.807, 2.05) is 29.8 Å². The van der Waals surface area contributed by atoms with Crippen molar-refractivity contribution in [2.75, 3.05) is 23.6 Å². The number of Topliss-reactive ketones (excluding diaryl/α,β-unsaturated/α-hetero) is 1. The largest absolute Gasteiger partial charge is 0.301 e. The SMILES string of the molecule is CCN(CC)[C@@H](C)CCC(=O)c1cc(NS(=O)(=O)CC)nc(-c2cnn3ccc(-c4cccs4)nc23)c1. The lowest BCUT2D eigenvalue weighted by molar-refractivity contribution is 0.0964. The van der Waals surface area contributed by atoms with Gasteiger partial charge in [-0.05, 0) is 63.0 Å². The standard InChI is InChI=1S/C26H32N6O3S2/c1-5-31(6-2)18(4)10-11-23(33)19-15-22(28-25(16-19)30-37(34,35)7-3)20-17-27-32-13-12-21(29-26(20)32)24-9-8-14-36-24/h8-9,12-18H,5-7,10-11H2,1-4H3,(H,28,30)/t18-/m0/s1. The zero-order valence-corrected chi connectivity index (χ0v) is 23.1. The molecule has 4 aromatic rings. The molecule has 0 aromatic carbocycles. The van der Waals surface area contributed by atoms with Crippen LogP contribution in [-0.4, -0.2) is 63.6 Å². The van der Waals surface area contributed by atoms with Gasteiger partial charge in [-0.1, -0.05) is 19.9 Å². The second-order valence-corrected chi connectivity index (χ2v) is 11.7. The number of nitrogens with one attached hydrogen (secondary N) is 1. The quantitative estimate of drug-likeness (QED) is 0.253. The molecule has 196 valence electrons. The van der Waals surface area contributed by atoms with Gasteiger partial charge in [0.2, 0.25) is 10.0 Å². The molecule has 0 bridgehead atoms. The number of ketones is 1. The third-order valence-corrected chi connectivity index (χ3v) is 8.60. The van der Waals surface area contributed by atoms with E-state index in [0.29, 0.717) is 35.3 Å². The summed E-state index contributed by atoms with van der Waals surface area (Å²) in [5, 5.41) is 6.39. The van der Waals surface area contributed by atoms with Gasteiger partial charge in [-0.25, -0.2) is 22.9 Å². The summed E-state index contributed by atoms with van der Waals surface area (Å²) >= 11 is 1.59. The number of sulfonamides is 1. The lowest BCUT2D eigenvalue weighted by Crippen LogP contribution is -2.33. The van der Waals surface area contributed by atoms with Crippen molar-refractivity contribution in [1.82, 2.24) is 24.5 Å². The smallest absolute Gasteiger partial charge is 0.233 e. The maximum atomic E-state index is 13.3. The number of carbonyl (C=O) groups excluding carboxylic acids is 1. The number of thiophene rings is 1. The summed E-state index contributed by atoms with van der Waals surface area (Å²) < 4.78 is 28.8. The fourth-order valence-electron chi connectivity index (χ4n) is 4.24. The van der Waals surface area contributed by atoms with Gasteiger partial charge in [0.1, 0.15) is 5.82 Å². The van der Waals surface area contributed by atoms with Gasteiger partial charge in [-0.2, -0.15) is 5.10 Å². The van der Waals surface area contributed by atoms with Crippen LogP contribution >= 0.6 is 11.3 Å². The van der Waals surface area contributed by atoms with E-state index in [-0.39, 0.29) is 23.4 Å². The Labute approximate surface area is 221 Å². The van der Waals surface area contributed by atoms with E-state index in [1.165, 1.54) is 6.07 Å². The number of anilines is 1. The first kappa shape index (κ1) is 26.9. The minimum absolute atomic E-state index is 0.0664. The molecular weight excluding hydrogens is 508 g/mol. The highest BCUT2D eigenvalue weighted by atomic mass is 32.2. The van der Waals surface area contributed by atoms with Crippen molar-refractivity contribution in [3.05, 3.63) is 53.7 Å². The lowest BCUT2D eigenvalue weighted by atomic mass is 10.0. The molecule has 4 heterocycles. The van der Waals surface area contributed by atoms with Crippen molar-refractivity contribution in [3.63, 3.8) is 0 Å². The second-order valence-electron chi connectivity index (χ2n) is 8.78. The number of hydrogen-bond acceptors (Lipinski definition) is 8. The van der Waals surface area contributed by atoms with Gasteiger partial charge in [0.15, 0.2) is 11.4 Å². The fourth-order valence-corrected chi connectivity index (χ4v) is 5.50. The van der Waals surface area contributed by atoms with Crippen molar-refractivity contribution < 1.29 is 13.2 Å². The Morgan fingerprint density at radius 2 is 1.92 bits per heavy atom.